The number of hydrogen-bond acceptors (Lipinski definition) is 2. The quantitative estimate of drug-likeness (QED) is 0.165. The van der Waals surface area contributed by atoms with E-state index in [4.69, 9.17) is 4.74 Å². The summed E-state index contributed by atoms with van der Waals surface area (Å²) in [5.41, 5.74) is 5.69. The molecule has 0 atom stereocenters. The molecule has 7 rings (SSSR count). The smallest absolute Gasteiger partial charge is 0.0639 e. The third kappa shape index (κ3) is 5.47. The van der Waals surface area contributed by atoms with E-state index in [0.717, 1.165) is 44.1 Å². The molecule has 7 aromatic rings. The molecular formula is C35H19N2OPtY-5. The Morgan fingerprint density at radius 1 is 0.575 bits per heavy atom. The van der Waals surface area contributed by atoms with E-state index in [1.54, 1.807) is 0 Å². The number of para-hydroxylation sites is 1. The Morgan fingerprint density at radius 2 is 1.25 bits per heavy atom. The maximum Gasteiger partial charge on any atom is 0.0639 e. The second kappa shape index (κ2) is 12.4. The molecule has 0 aliphatic rings. The van der Waals surface area contributed by atoms with Crippen LogP contribution in [0.4, 0.5) is 0 Å². The molecule has 2 aromatic heterocycles. The number of ether oxygens (including phenoxy) is 1. The molecule has 0 amide bonds. The molecule has 0 spiro atoms. The minimum Gasteiger partial charge on any atom is -0.504 e. The van der Waals surface area contributed by atoms with E-state index >= 15 is 0 Å². The summed E-state index contributed by atoms with van der Waals surface area (Å²) in [6.07, 6.45) is 1.81. The SMILES string of the molecule is [Pt].[Y].[c-]1ccccc1-c1[c-]c(Oc2[c-]c3c(cc2)c2ccccc2n3-c2[c-]c(-c3[c-]cccc3)ccn2)ccc1. The third-order valence-electron chi connectivity index (χ3n) is 6.44. The Bertz CT molecular complexity index is 1900. The second-order valence-corrected chi connectivity index (χ2v) is 8.83. The molecule has 0 aliphatic heterocycles. The van der Waals surface area contributed by atoms with Gasteiger partial charge in [0.1, 0.15) is 0 Å². The zero-order valence-electron chi connectivity index (χ0n) is 21.2. The fourth-order valence-corrected chi connectivity index (χ4v) is 4.71. The largest absolute Gasteiger partial charge is 0.504 e. The van der Waals surface area contributed by atoms with Gasteiger partial charge in [0.2, 0.25) is 0 Å². The number of benzene rings is 5. The van der Waals surface area contributed by atoms with Gasteiger partial charge in [-0.3, -0.25) is 16.1 Å². The summed E-state index contributed by atoms with van der Waals surface area (Å²) < 4.78 is 8.34. The first-order chi connectivity index (χ1) is 18.8. The van der Waals surface area contributed by atoms with E-state index in [1.807, 2.05) is 97.2 Å². The van der Waals surface area contributed by atoms with Crippen LogP contribution < -0.4 is 4.74 Å². The van der Waals surface area contributed by atoms with E-state index < -0.39 is 0 Å². The first kappa shape index (κ1) is 28.2. The molecular weight excluding hydrogens is 748 g/mol. The number of fused-ring (bicyclic) bond motifs is 3. The summed E-state index contributed by atoms with van der Waals surface area (Å²) in [5.74, 6) is 1.90. The summed E-state index contributed by atoms with van der Waals surface area (Å²) >= 11 is 0. The van der Waals surface area contributed by atoms with E-state index in [1.165, 1.54) is 0 Å². The van der Waals surface area contributed by atoms with Gasteiger partial charge < -0.3 is 9.30 Å². The van der Waals surface area contributed by atoms with Crippen LogP contribution in [0.2, 0.25) is 0 Å². The molecule has 0 bridgehead atoms. The monoisotopic (exact) mass is 767 g/mol. The first-order valence-electron chi connectivity index (χ1n) is 12.3. The van der Waals surface area contributed by atoms with Gasteiger partial charge in [-0.25, -0.2) is 23.3 Å². The molecule has 5 aromatic carbocycles. The van der Waals surface area contributed by atoms with Crippen LogP contribution in [-0.2, 0) is 53.8 Å². The van der Waals surface area contributed by atoms with Gasteiger partial charge in [-0.1, -0.05) is 23.7 Å². The fourth-order valence-electron chi connectivity index (χ4n) is 4.71. The van der Waals surface area contributed by atoms with Crippen molar-refractivity contribution >= 4 is 21.8 Å². The predicted octanol–water partition coefficient (Wildman–Crippen LogP) is 8.30. The summed E-state index contributed by atoms with van der Waals surface area (Å²) in [6, 6.07) is 52.7. The minimum atomic E-state index is 0. The molecule has 1 radical (unpaired) electrons. The summed E-state index contributed by atoms with van der Waals surface area (Å²) in [5, 5.41) is 2.18. The Morgan fingerprint density at radius 3 is 2.00 bits per heavy atom. The average molecular weight is 768 g/mol. The molecule has 0 aliphatic carbocycles. The van der Waals surface area contributed by atoms with Crippen molar-refractivity contribution in [2.75, 3.05) is 0 Å². The second-order valence-electron chi connectivity index (χ2n) is 8.83. The zero-order valence-corrected chi connectivity index (χ0v) is 26.3. The normalized spacial score (nSPS) is 10.6. The summed E-state index contributed by atoms with van der Waals surface area (Å²) in [7, 11) is 0. The van der Waals surface area contributed by atoms with Gasteiger partial charge in [-0.05, 0) is 17.6 Å². The van der Waals surface area contributed by atoms with Crippen LogP contribution in [0.5, 0.6) is 11.5 Å². The van der Waals surface area contributed by atoms with E-state index in [0.29, 0.717) is 17.3 Å². The van der Waals surface area contributed by atoms with Gasteiger partial charge in [-0.15, -0.1) is 41.8 Å². The van der Waals surface area contributed by atoms with Crippen molar-refractivity contribution in [2.45, 2.75) is 0 Å². The maximum absolute atomic E-state index is 6.25. The van der Waals surface area contributed by atoms with Gasteiger partial charge in [-0.2, -0.15) is 66.7 Å². The topological polar surface area (TPSA) is 27.1 Å². The zero-order chi connectivity index (χ0) is 25.3. The van der Waals surface area contributed by atoms with Gasteiger partial charge in [0.25, 0.3) is 0 Å². The van der Waals surface area contributed by atoms with Crippen LogP contribution in [0.25, 0.3) is 49.9 Å². The number of pyridine rings is 1. The van der Waals surface area contributed by atoms with Gasteiger partial charge in [0.15, 0.2) is 0 Å². The van der Waals surface area contributed by atoms with Crippen molar-refractivity contribution in [3.63, 3.8) is 0 Å². The fraction of sp³-hybridized carbons (Fsp3) is 0. The Labute approximate surface area is 273 Å². The third-order valence-corrected chi connectivity index (χ3v) is 6.44. The Hall–Kier alpha value is -3.36. The van der Waals surface area contributed by atoms with Crippen LogP contribution in [0, 0.1) is 30.3 Å². The van der Waals surface area contributed by atoms with Crippen molar-refractivity contribution < 1.29 is 58.5 Å². The molecule has 0 N–H and O–H groups in total. The average Bonchev–Trinajstić information content (AvgIpc) is 3.32. The first-order valence-corrected chi connectivity index (χ1v) is 12.3. The van der Waals surface area contributed by atoms with Crippen LogP contribution in [-0.4, -0.2) is 9.55 Å². The molecule has 0 saturated heterocycles. The molecule has 2 heterocycles. The molecule has 0 saturated carbocycles. The molecule has 0 fully saturated rings. The standard InChI is InChI=1S/C35H19N2O.Pt.Y/c1-3-10-25(11-4-1)27-14-9-15-29(22-27)38-30-18-19-32-31-16-7-8-17-33(31)37(34(32)24-30)35-23-28(20-21-36-35)26-12-5-2-6-13-26;;/h1-10,12,14-21H;;/q-5;;. The van der Waals surface area contributed by atoms with Crippen LogP contribution >= 0.6 is 0 Å². The van der Waals surface area contributed by atoms with Gasteiger partial charge in [0, 0.05) is 70.8 Å². The van der Waals surface area contributed by atoms with Crippen molar-refractivity contribution in [1.82, 2.24) is 9.55 Å². The number of hydrogen-bond donors (Lipinski definition) is 0. The predicted molar refractivity (Wildman–Crippen MR) is 150 cm³/mol. The molecule has 0 unspecified atom stereocenters. The van der Waals surface area contributed by atoms with Crippen LogP contribution in [0.15, 0.2) is 115 Å². The molecule has 40 heavy (non-hydrogen) atoms. The number of aromatic nitrogens is 2. The number of rotatable bonds is 5. The maximum atomic E-state index is 6.25. The van der Waals surface area contributed by atoms with Crippen molar-refractivity contribution in [3.05, 3.63) is 146 Å². The Kier molecular flexibility index (Phi) is 8.76. The Balaban J connectivity index is 0.00000161. The van der Waals surface area contributed by atoms with Crippen molar-refractivity contribution in [3.8, 4) is 39.6 Å². The summed E-state index contributed by atoms with van der Waals surface area (Å²) in [4.78, 5) is 4.69. The van der Waals surface area contributed by atoms with Crippen LogP contribution in [0.3, 0.4) is 0 Å². The number of nitrogens with zero attached hydrogens (tertiary/aromatic N) is 2. The van der Waals surface area contributed by atoms with Gasteiger partial charge in [0.05, 0.1) is 5.82 Å². The van der Waals surface area contributed by atoms with Crippen molar-refractivity contribution in [2.24, 2.45) is 0 Å². The van der Waals surface area contributed by atoms with E-state index in [9.17, 15) is 0 Å². The molecule has 3 nitrogen and oxygen atoms in total. The molecule has 5 heteroatoms. The minimum absolute atomic E-state index is 0. The van der Waals surface area contributed by atoms with E-state index in [-0.39, 0.29) is 53.8 Å². The van der Waals surface area contributed by atoms with E-state index in [2.05, 4.69) is 58.1 Å². The van der Waals surface area contributed by atoms with Crippen LogP contribution in [0.1, 0.15) is 0 Å². The molecule has 193 valence electrons. The summed E-state index contributed by atoms with van der Waals surface area (Å²) in [6.45, 7) is 0. The van der Waals surface area contributed by atoms with Crippen molar-refractivity contribution in [1.29, 1.82) is 0 Å². The van der Waals surface area contributed by atoms with Gasteiger partial charge >= 0.3 is 0 Å².